The summed E-state index contributed by atoms with van der Waals surface area (Å²) >= 11 is 0. The maximum absolute atomic E-state index is 9.48. The van der Waals surface area contributed by atoms with Crippen LogP contribution in [0.3, 0.4) is 0 Å². The Morgan fingerprint density at radius 3 is 1.39 bits per heavy atom. The van der Waals surface area contributed by atoms with Gasteiger partial charge in [0.15, 0.2) is 5.69 Å². The highest BCUT2D eigenvalue weighted by Crippen LogP contribution is 2.41. The van der Waals surface area contributed by atoms with Crippen molar-refractivity contribution in [1.82, 2.24) is 0 Å². The van der Waals surface area contributed by atoms with Crippen LogP contribution < -0.4 is 15.0 Å². The molecule has 0 radical (unpaired) electrons. The Balaban J connectivity index is 1.13. The van der Waals surface area contributed by atoms with E-state index in [9.17, 15) is 5.26 Å². The SMILES string of the molecule is [C-]#[N+]c1ccc(N(c2ccc(C)cc2)c2ccc3cc4c(cc3c2)oc2cc3cc(N(c5ccc(C#N)cc5)c5ccc([Si](C)(C)C)cc5)ccc3cc24)cc1. The number of hydrogen-bond donors (Lipinski definition) is 0. The van der Waals surface area contributed by atoms with E-state index in [4.69, 9.17) is 11.0 Å². The minimum atomic E-state index is -1.47. The molecule has 1 heterocycles. The van der Waals surface area contributed by atoms with Crippen LogP contribution in [-0.2, 0) is 0 Å². The molecule has 0 saturated heterocycles. The van der Waals surface area contributed by atoms with Gasteiger partial charge in [0.25, 0.3) is 0 Å². The number of anilines is 6. The molecule has 6 heteroatoms. The van der Waals surface area contributed by atoms with Gasteiger partial charge in [-0.3, -0.25) is 0 Å². The Morgan fingerprint density at radius 1 is 0.518 bits per heavy atom. The van der Waals surface area contributed by atoms with Crippen molar-refractivity contribution in [2.24, 2.45) is 0 Å². The Hall–Kier alpha value is -7.12. The summed E-state index contributed by atoms with van der Waals surface area (Å²) in [5.74, 6) is 0. The maximum Gasteiger partial charge on any atom is 0.187 e. The second kappa shape index (κ2) is 13.6. The fourth-order valence-electron chi connectivity index (χ4n) is 7.57. The molecule has 5 nitrogen and oxygen atoms in total. The van der Waals surface area contributed by atoms with Gasteiger partial charge in [0.2, 0.25) is 0 Å². The fourth-order valence-corrected chi connectivity index (χ4v) is 8.74. The summed E-state index contributed by atoms with van der Waals surface area (Å²) in [6, 6.07) is 57.1. The Kier molecular flexibility index (Phi) is 8.43. The van der Waals surface area contributed by atoms with Crippen molar-refractivity contribution in [1.29, 1.82) is 5.26 Å². The van der Waals surface area contributed by atoms with Crippen molar-refractivity contribution < 1.29 is 4.42 Å². The molecule has 268 valence electrons. The topological polar surface area (TPSA) is 47.8 Å². The van der Waals surface area contributed by atoms with E-state index in [0.717, 1.165) is 77.6 Å². The molecular weight excluding hydrogens is 701 g/mol. The zero-order valence-electron chi connectivity index (χ0n) is 31.7. The molecule has 0 spiro atoms. The Morgan fingerprint density at radius 2 is 0.946 bits per heavy atom. The van der Waals surface area contributed by atoms with Gasteiger partial charge in [0, 0.05) is 44.9 Å². The van der Waals surface area contributed by atoms with Crippen LogP contribution in [0.15, 0.2) is 162 Å². The molecule has 9 rings (SSSR count). The average Bonchev–Trinajstić information content (AvgIpc) is 3.56. The van der Waals surface area contributed by atoms with E-state index in [1.54, 1.807) is 0 Å². The lowest BCUT2D eigenvalue weighted by molar-refractivity contribution is 0.670. The van der Waals surface area contributed by atoms with Crippen LogP contribution in [0.4, 0.5) is 39.8 Å². The monoisotopic (exact) mass is 738 g/mol. The lowest BCUT2D eigenvalue weighted by atomic mass is 10.0. The summed E-state index contributed by atoms with van der Waals surface area (Å²) in [5.41, 5.74) is 10.2. The highest BCUT2D eigenvalue weighted by molar-refractivity contribution is 6.88. The first-order chi connectivity index (χ1) is 27.1. The van der Waals surface area contributed by atoms with E-state index in [-0.39, 0.29) is 0 Å². The van der Waals surface area contributed by atoms with Crippen molar-refractivity contribution in [3.05, 3.63) is 180 Å². The first-order valence-electron chi connectivity index (χ1n) is 18.7. The predicted octanol–water partition coefficient (Wildman–Crippen LogP) is 14.1. The molecule has 0 amide bonds. The largest absolute Gasteiger partial charge is 0.456 e. The molecule has 0 fully saturated rings. The summed E-state index contributed by atoms with van der Waals surface area (Å²) < 4.78 is 6.63. The molecule has 0 atom stereocenters. The van der Waals surface area contributed by atoms with E-state index in [1.165, 1.54) is 10.8 Å². The molecule has 0 unspecified atom stereocenters. The zero-order valence-corrected chi connectivity index (χ0v) is 32.7. The third-order valence-electron chi connectivity index (χ3n) is 10.6. The first kappa shape index (κ1) is 34.6. The molecular formula is C50H38N4OSi. The quantitative estimate of drug-likeness (QED) is 0.121. The van der Waals surface area contributed by atoms with Gasteiger partial charge in [-0.15, -0.1) is 0 Å². The highest BCUT2D eigenvalue weighted by atomic mass is 28.3. The molecule has 0 aliphatic heterocycles. The summed E-state index contributed by atoms with van der Waals surface area (Å²) in [6.07, 6.45) is 0. The summed E-state index contributed by atoms with van der Waals surface area (Å²) in [5, 5.41) is 17.5. The van der Waals surface area contributed by atoms with E-state index in [0.29, 0.717) is 11.3 Å². The Bertz CT molecular complexity index is 3020. The molecule has 8 aromatic carbocycles. The van der Waals surface area contributed by atoms with Crippen LogP contribution in [-0.4, -0.2) is 8.07 Å². The molecule has 9 aromatic rings. The standard InChI is InChI=1S/C50H38N4OSi/c1-33-6-14-40(15-7-33)53(42-20-12-39(52-2)13-21-42)44-18-10-35-28-47-48-29-36-11-19-45(27-38(36)31-50(48)55-49(47)30-37(35)26-44)54(41-16-8-34(32-51)9-17-41)43-22-24-46(25-23-43)56(3,4)5/h6-31H,1,3-5H3. The van der Waals surface area contributed by atoms with Gasteiger partial charge in [-0.05, 0) is 138 Å². The smallest absolute Gasteiger partial charge is 0.187 e. The summed E-state index contributed by atoms with van der Waals surface area (Å²) in [7, 11) is -1.47. The minimum absolute atomic E-state index is 0.614. The number of benzene rings is 8. The molecule has 0 aliphatic rings. The van der Waals surface area contributed by atoms with Crippen molar-refractivity contribution in [2.45, 2.75) is 26.6 Å². The van der Waals surface area contributed by atoms with Crippen molar-refractivity contribution >= 4 is 96.6 Å². The number of rotatable bonds is 7. The molecule has 56 heavy (non-hydrogen) atoms. The van der Waals surface area contributed by atoms with Crippen molar-refractivity contribution in [3.8, 4) is 6.07 Å². The van der Waals surface area contributed by atoms with Gasteiger partial charge in [-0.2, -0.15) is 5.26 Å². The first-order valence-corrected chi connectivity index (χ1v) is 22.2. The van der Waals surface area contributed by atoms with Crippen molar-refractivity contribution in [2.75, 3.05) is 9.80 Å². The summed E-state index contributed by atoms with van der Waals surface area (Å²) in [4.78, 5) is 8.07. The molecule has 0 saturated carbocycles. The number of furan rings is 1. The molecule has 0 bridgehead atoms. The van der Waals surface area contributed by atoms with E-state index in [1.807, 2.05) is 48.5 Å². The van der Waals surface area contributed by atoms with Gasteiger partial charge in [-0.1, -0.05) is 78.9 Å². The Labute approximate surface area is 327 Å². The molecule has 0 aliphatic carbocycles. The average molecular weight is 739 g/mol. The van der Waals surface area contributed by atoms with Crippen molar-refractivity contribution in [3.63, 3.8) is 0 Å². The van der Waals surface area contributed by atoms with E-state index < -0.39 is 8.07 Å². The normalized spacial score (nSPS) is 11.5. The van der Waals surface area contributed by atoms with Crippen LogP contribution in [0.2, 0.25) is 19.6 Å². The molecule has 1 aromatic heterocycles. The van der Waals surface area contributed by atoms with Crippen LogP contribution in [0, 0.1) is 24.8 Å². The predicted molar refractivity (Wildman–Crippen MR) is 237 cm³/mol. The fraction of sp³-hybridized carbons (Fsp3) is 0.0800. The second-order valence-electron chi connectivity index (χ2n) is 15.5. The second-order valence-corrected chi connectivity index (χ2v) is 20.5. The lowest BCUT2D eigenvalue weighted by Crippen LogP contribution is -2.37. The third-order valence-corrected chi connectivity index (χ3v) is 12.7. The number of nitrogens with zero attached hydrogens (tertiary/aromatic N) is 4. The number of aryl methyl sites for hydroxylation is 1. The number of nitriles is 1. The van der Waals surface area contributed by atoms with Gasteiger partial charge in [0.05, 0.1) is 26.3 Å². The maximum atomic E-state index is 9.48. The van der Waals surface area contributed by atoms with Crippen LogP contribution >= 0.6 is 0 Å². The van der Waals surface area contributed by atoms with E-state index in [2.05, 4.69) is 156 Å². The van der Waals surface area contributed by atoms with Gasteiger partial charge < -0.3 is 14.2 Å². The molecule has 0 N–H and O–H groups in total. The summed E-state index contributed by atoms with van der Waals surface area (Å²) in [6.45, 7) is 16.6. The van der Waals surface area contributed by atoms with Crippen LogP contribution in [0.1, 0.15) is 11.1 Å². The third kappa shape index (κ3) is 6.33. The lowest BCUT2D eigenvalue weighted by Gasteiger charge is -2.27. The number of fused-ring (bicyclic) bond motifs is 5. The van der Waals surface area contributed by atoms with E-state index >= 15 is 0 Å². The van der Waals surface area contributed by atoms with Gasteiger partial charge in [-0.25, -0.2) is 4.85 Å². The number of hydrogen-bond acceptors (Lipinski definition) is 4. The zero-order chi connectivity index (χ0) is 38.6. The van der Waals surface area contributed by atoms with Gasteiger partial charge in [0.1, 0.15) is 11.2 Å². The highest BCUT2D eigenvalue weighted by Gasteiger charge is 2.20. The van der Waals surface area contributed by atoms with Crippen LogP contribution in [0.25, 0.3) is 48.3 Å². The van der Waals surface area contributed by atoms with Gasteiger partial charge >= 0.3 is 0 Å². The minimum Gasteiger partial charge on any atom is -0.456 e. The van der Waals surface area contributed by atoms with Crippen LogP contribution in [0.5, 0.6) is 0 Å².